The molecule has 0 radical (unpaired) electrons. The molecule has 1 aromatic carbocycles. The molecule has 20 heavy (non-hydrogen) atoms. The second-order valence-electron chi connectivity index (χ2n) is 4.85. The summed E-state index contributed by atoms with van der Waals surface area (Å²) in [4.78, 5) is 27.9. The lowest BCUT2D eigenvalue weighted by atomic mass is 9.97. The molecular formula is C15H14N2O3. The molecule has 2 heterocycles. The number of aromatic carboxylic acids is 1. The van der Waals surface area contributed by atoms with Crippen LogP contribution in [0.25, 0.3) is 0 Å². The van der Waals surface area contributed by atoms with E-state index in [1.807, 2.05) is 6.07 Å². The van der Waals surface area contributed by atoms with Crippen molar-refractivity contribution in [3.8, 4) is 0 Å². The Morgan fingerprint density at radius 1 is 1.20 bits per heavy atom. The number of amides is 1. The van der Waals surface area contributed by atoms with Gasteiger partial charge in [-0.05, 0) is 41.8 Å². The third-order valence-electron chi connectivity index (χ3n) is 3.58. The molecule has 0 aliphatic carbocycles. The van der Waals surface area contributed by atoms with Gasteiger partial charge in [0.1, 0.15) is 5.69 Å². The zero-order chi connectivity index (χ0) is 14.1. The predicted octanol–water partition coefficient (Wildman–Crippen LogP) is 1.91. The Hall–Kier alpha value is -2.56. The predicted molar refractivity (Wildman–Crippen MR) is 72.6 cm³/mol. The van der Waals surface area contributed by atoms with Crippen LogP contribution in [0.1, 0.15) is 32.0 Å². The first-order valence-electron chi connectivity index (χ1n) is 6.43. The van der Waals surface area contributed by atoms with Crippen LogP contribution in [0.4, 0.5) is 0 Å². The topological polar surface area (TPSA) is 73.4 Å². The molecule has 0 saturated heterocycles. The number of carboxylic acid groups (broad SMARTS) is 1. The van der Waals surface area contributed by atoms with Crippen molar-refractivity contribution in [1.82, 2.24) is 9.88 Å². The molecule has 1 aromatic heterocycles. The largest absolute Gasteiger partial charge is 0.478 e. The van der Waals surface area contributed by atoms with Crippen LogP contribution in [0.15, 0.2) is 36.5 Å². The van der Waals surface area contributed by atoms with Gasteiger partial charge < -0.3 is 15.0 Å². The van der Waals surface area contributed by atoms with E-state index in [9.17, 15) is 9.59 Å². The van der Waals surface area contributed by atoms with Gasteiger partial charge in [-0.25, -0.2) is 4.79 Å². The van der Waals surface area contributed by atoms with Gasteiger partial charge in [0, 0.05) is 19.3 Å². The number of aromatic nitrogens is 1. The number of carbonyl (C=O) groups excluding carboxylic acids is 1. The average Bonchev–Trinajstić information content (AvgIpc) is 2.99. The molecule has 102 valence electrons. The summed E-state index contributed by atoms with van der Waals surface area (Å²) in [6.45, 7) is 1.10. The maximum atomic E-state index is 12.3. The van der Waals surface area contributed by atoms with E-state index in [0.717, 1.165) is 17.5 Å². The van der Waals surface area contributed by atoms with Gasteiger partial charge in [-0.1, -0.05) is 6.07 Å². The number of nitrogens with one attached hydrogen (secondary N) is 1. The monoisotopic (exact) mass is 270 g/mol. The highest BCUT2D eigenvalue weighted by Crippen LogP contribution is 2.21. The molecule has 0 spiro atoms. The van der Waals surface area contributed by atoms with Crippen molar-refractivity contribution in [1.29, 1.82) is 0 Å². The summed E-state index contributed by atoms with van der Waals surface area (Å²) in [6.07, 6.45) is 2.47. The Bertz CT molecular complexity index is 662. The SMILES string of the molecule is O=C(O)c1ccc2c(c1)CN(C(=O)c1ccc[nH]1)CC2. The second-order valence-corrected chi connectivity index (χ2v) is 4.85. The lowest BCUT2D eigenvalue weighted by molar-refractivity contribution is 0.0696. The Morgan fingerprint density at radius 3 is 2.75 bits per heavy atom. The normalized spacial score (nSPS) is 13.9. The number of carboxylic acids is 1. The highest BCUT2D eigenvalue weighted by atomic mass is 16.4. The van der Waals surface area contributed by atoms with Crippen molar-refractivity contribution in [2.24, 2.45) is 0 Å². The number of aromatic amines is 1. The summed E-state index contributed by atoms with van der Waals surface area (Å²) < 4.78 is 0. The molecule has 5 heteroatoms. The Balaban J connectivity index is 1.85. The second kappa shape index (κ2) is 4.85. The van der Waals surface area contributed by atoms with E-state index in [2.05, 4.69) is 4.98 Å². The number of benzene rings is 1. The van der Waals surface area contributed by atoms with E-state index in [4.69, 9.17) is 5.11 Å². The molecular weight excluding hydrogens is 256 g/mol. The number of hydrogen-bond acceptors (Lipinski definition) is 2. The fourth-order valence-electron chi connectivity index (χ4n) is 2.50. The molecule has 3 rings (SSSR count). The van der Waals surface area contributed by atoms with Crippen molar-refractivity contribution in [3.05, 3.63) is 58.9 Å². The van der Waals surface area contributed by atoms with E-state index in [1.165, 1.54) is 0 Å². The first-order chi connectivity index (χ1) is 9.65. The molecule has 0 unspecified atom stereocenters. The number of carbonyl (C=O) groups is 2. The van der Waals surface area contributed by atoms with Crippen LogP contribution >= 0.6 is 0 Å². The highest BCUT2D eigenvalue weighted by molar-refractivity contribution is 5.92. The zero-order valence-electron chi connectivity index (χ0n) is 10.8. The average molecular weight is 270 g/mol. The summed E-state index contributed by atoms with van der Waals surface area (Å²) in [5, 5.41) is 9.03. The third kappa shape index (κ3) is 2.18. The number of fused-ring (bicyclic) bond motifs is 1. The molecule has 2 N–H and O–H groups in total. The lowest BCUT2D eigenvalue weighted by Crippen LogP contribution is -2.36. The quantitative estimate of drug-likeness (QED) is 0.875. The summed E-state index contributed by atoms with van der Waals surface area (Å²) in [6, 6.07) is 8.64. The number of rotatable bonds is 2. The minimum Gasteiger partial charge on any atom is -0.478 e. The van der Waals surface area contributed by atoms with Crippen LogP contribution in [-0.2, 0) is 13.0 Å². The number of nitrogens with zero attached hydrogens (tertiary/aromatic N) is 1. The minimum atomic E-state index is -0.944. The molecule has 0 fully saturated rings. The summed E-state index contributed by atoms with van der Waals surface area (Å²) >= 11 is 0. The third-order valence-corrected chi connectivity index (χ3v) is 3.58. The standard InChI is InChI=1S/C15H14N2O3/c18-14(13-2-1-6-16-13)17-7-5-10-3-4-11(15(19)20)8-12(10)9-17/h1-4,6,8,16H,5,7,9H2,(H,19,20). The molecule has 1 aliphatic heterocycles. The molecule has 1 aliphatic rings. The van der Waals surface area contributed by atoms with Gasteiger partial charge in [0.2, 0.25) is 0 Å². The van der Waals surface area contributed by atoms with Gasteiger partial charge in [-0.2, -0.15) is 0 Å². The fourth-order valence-corrected chi connectivity index (χ4v) is 2.50. The van der Waals surface area contributed by atoms with E-state index in [1.54, 1.807) is 35.4 Å². The first-order valence-corrected chi connectivity index (χ1v) is 6.43. The summed E-state index contributed by atoms with van der Waals surface area (Å²) in [7, 11) is 0. The Morgan fingerprint density at radius 2 is 2.05 bits per heavy atom. The molecule has 2 aromatic rings. The number of H-pyrrole nitrogens is 1. The van der Waals surface area contributed by atoms with E-state index < -0.39 is 5.97 Å². The van der Waals surface area contributed by atoms with Crippen molar-refractivity contribution < 1.29 is 14.7 Å². The van der Waals surface area contributed by atoms with Crippen molar-refractivity contribution >= 4 is 11.9 Å². The van der Waals surface area contributed by atoms with Crippen LogP contribution in [0.2, 0.25) is 0 Å². The molecule has 1 amide bonds. The fraction of sp³-hybridized carbons (Fsp3) is 0.200. The van der Waals surface area contributed by atoms with E-state index in [0.29, 0.717) is 18.8 Å². The van der Waals surface area contributed by atoms with E-state index >= 15 is 0 Å². The van der Waals surface area contributed by atoms with Gasteiger partial charge in [-0.15, -0.1) is 0 Å². The lowest BCUT2D eigenvalue weighted by Gasteiger charge is -2.28. The van der Waals surface area contributed by atoms with Crippen LogP contribution in [0, 0.1) is 0 Å². The maximum Gasteiger partial charge on any atom is 0.335 e. The highest BCUT2D eigenvalue weighted by Gasteiger charge is 2.22. The zero-order valence-corrected chi connectivity index (χ0v) is 10.8. The van der Waals surface area contributed by atoms with Gasteiger partial charge in [0.15, 0.2) is 0 Å². The van der Waals surface area contributed by atoms with Gasteiger partial charge in [-0.3, -0.25) is 4.79 Å². The molecule has 0 saturated carbocycles. The van der Waals surface area contributed by atoms with E-state index in [-0.39, 0.29) is 11.5 Å². The van der Waals surface area contributed by atoms with Crippen molar-refractivity contribution in [2.75, 3.05) is 6.54 Å². The summed E-state index contributed by atoms with van der Waals surface area (Å²) in [5.74, 6) is -0.998. The van der Waals surface area contributed by atoms with Crippen LogP contribution in [0.5, 0.6) is 0 Å². The van der Waals surface area contributed by atoms with Crippen LogP contribution < -0.4 is 0 Å². The minimum absolute atomic E-state index is 0.0543. The van der Waals surface area contributed by atoms with Crippen molar-refractivity contribution in [3.63, 3.8) is 0 Å². The molecule has 0 bridgehead atoms. The van der Waals surface area contributed by atoms with Crippen LogP contribution in [0.3, 0.4) is 0 Å². The first kappa shape index (κ1) is 12.5. The van der Waals surface area contributed by atoms with Crippen molar-refractivity contribution in [2.45, 2.75) is 13.0 Å². The summed E-state index contributed by atoms with van der Waals surface area (Å²) in [5.41, 5.74) is 2.85. The Labute approximate surface area is 115 Å². The van der Waals surface area contributed by atoms with Gasteiger partial charge >= 0.3 is 5.97 Å². The molecule has 5 nitrogen and oxygen atoms in total. The van der Waals surface area contributed by atoms with Gasteiger partial charge in [0.05, 0.1) is 5.56 Å². The Kier molecular flexibility index (Phi) is 3.02. The van der Waals surface area contributed by atoms with Gasteiger partial charge in [0.25, 0.3) is 5.91 Å². The maximum absolute atomic E-state index is 12.3. The molecule has 0 atom stereocenters. The van der Waals surface area contributed by atoms with Crippen LogP contribution in [-0.4, -0.2) is 33.4 Å². The smallest absolute Gasteiger partial charge is 0.335 e. The number of hydrogen-bond donors (Lipinski definition) is 2.